The fourth-order valence-electron chi connectivity index (χ4n) is 2.00. The van der Waals surface area contributed by atoms with Crippen molar-refractivity contribution in [3.63, 3.8) is 0 Å². The van der Waals surface area contributed by atoms with Gasteiger partial charge in [0.2, 0.25) is 5.91 Å². The third-order valence-corrected chi connectivity index (χ3v) is 3.12. The highest BCUT2D eigenvalue weighted by molar-refractivity contribution is 5.85. The third-order valence-electron chi connectivity index (χ3n) is 3.12. The minimum Gasteiger partial charge on any atom is -0.467 e. The summed E-state index contributed by atoms with van der Waals surface area (Å²) in [6, 6.07) is -0.595. The first-order chi connectivity index (χ1) is 9.04. The van der Waals surface area contributed by atoms with E-state index in [2.05, 4.69) is 15.4 Å². The molecule has 2 atom stereocenters. The monoisotopic (exact) mass is 308 g/mol. The van der Waals surface area contributed by atoms with Crippen molar-refractivity contribution in [2.45, 2.75) is 38.8 Å². The molecule has 2 unspecified atom stereocenters. The van der Waals surface area contributed by atoms with Gasteiger partial charge in [-0.25, -0.2) is 4.79 Å². The van der Waals surface area contributed by atoms with Crippen molar-refractivity contribution in [3.8, 4) is 0 Å². The molecule has 118 valence electrons. The molecule has 6 nitrogen and oxygen atoms in total. The second kappa shape index (κ2) is 9.96. The summed E-state index contributed by atoms with van der Waals surface area (Å²) in [5, 5.41) is 5.71. The van der Waals surface area contributed by atoms with Gasteiger partial charge in [0.1, 0.15) is 6.04 Å². The first kappa shape index (κ1) is 19.1. The fraction of sp³-hybridized carbons (Fsp3) is 0.846. The zero-order valence-corrected chi connectivity index (χ0v) is 13.1. The minimum absolute atomic E-state index is 0. The first-order valence-electron chi connectivity index (χ1n) is 6.74. The Morgan fingerprint density at radius 2 is 2.10 bits per heavy atom. The minimum atomic E-state index is -0.595. The second-order valence-electron chi connectivity index (χ2n) is 5.08. The molecule has 0 saturated carbocycles. The van der Waals surface area contributed by atoms with Crippen molar-refractivity contribution in [2.75, 3.05) is 26.8 Å². The lowest BCUT2D eigenvalue weighted by atomic mass is 10.0. The Hall–Kier alpha value is -0.850. The third kappa shape index (κ3) is 6.54. The largest absolute Gasteiger partial charge is 0.467 e. The van der Waals surface area contributed by atoms with E-state index >= 15 is 0 Å². The summed E-state index contributed by atoms with van der Waals surface area (Å²) in [6.07, 6.45) is 2.32. The number of ether oxygens (including phenoxy) is 2. The van der Waals surface area contributed by atoms with Gasteiger partial charge in [-0.1, -0.05) is 13.8 Å². The molecule has 0 aromatic carbocycles. The molecule has 1 saturated heterocycles. The summed E-state index contributed by atoms with van der Waals surface area (Å²) in [5.41, 5.74) is 0. The van der Waals surface area contributed by atoms with Crippen LogP contribution >= 0.6 is 12.4 Å². The lowest BCUT2D eigenvalue weighted by Gasteiger charge is -2.20. The molecule has 1 fully saturated rings. The van der Waals surface area contributed by atoms with Gasteiger partial charge in [0, 0.05) is 13.2 Å². The number of nitrogens with one attached hydrogen (secondary N) is 2. The molecule has 1 heterocycles. The Kier molecular flexibility index (Phi) is 9.54. The van der Waals surface area contributed by atoms with E-state index in [1.165, 1.54) is 7.11 Å². The van der Waals surface area contributed by atoms with Crippen LogP contribution < -0.4 is 10.6 Å². The number of halogens is 1. The van der Waals surface area contributed by atoms with Crippen molar-refractivity contribution in [3.05, 3.63) is 0 Å². The molecule has 1 aliphatic rings. The van der Waals surface area contributed by atoms with Crippen LogP contribution in [0.5, 0.6) is 0 Å². The summed E-state index contributed by atoms with van der Waals surface area (Å²) >= 11 is 0. The molecule has 0 aromatic heterocycles. The smallest absolute Gasteiger partial charge is 0.328 e. The number of carbonyl (C=O) groups is 2. The Morgan fingerprint density at radius 3 is 2.60 bits per heavy atom. The van der Waals surface area contributed by atoms with E-state index in [-0.39, 0.29) is 36.9 Å². The number of carbonyl (C=O) groups excluding carboxylic acids is 2. The van der Waals surface area contributed by atoms with E-state index in [1.807, 2.05) is 13.8 Å². The maximum absolute atomic E-state index is 11.7. The van der Waals surface area contributed by atoms with E-state index in [0.717, 1.165) is 19.4 Å². The van der Waals surface area contributed by atoms with Gasteiger partial charge in [-0.3, -0.25) is 4.79 Å². The van der Waals surface area contributed by atoms with Crippen LogP contribution in [-0.4, -0.2) is 50.8 Å². The summed E-state index contributed by atoms with van der Waals surface area (Å²) in [6.45, 7) is 5.37. The van der Waals surface area contributed by atoms with Gasteiger partial charge in [0.25, 0.3) is 0 Å². The average Bonchev–Trinajstić information content (AvgIpc) is 2.87. The van der Waals surface area contributed by atoms with Crippen LogP contribution in [0.25, 0.3) is 0 Å². The normalized spacial score (nSPS) is 19.3. The van der Waals surface area contributed by atoms with Gasteiger partial charge in [-0.2, -0.15) is 0 Å². The Morgan fingerprint density at radius 1 is 1.40 bits per heavy atom. The number of hydrogen-bond donors (Lipinski definition) is 2. The highest BCUT2D eigenvalue weighted by atomic mass is 35.5. The number of rotatable bonds is 7. The predicted molar refractivity (Wildman–Crippen MR) is 77.9 cm³/mol. The summed E-state index contributed by atoms with van der Waals surface area (Å²) < 4.78 is 10.1. The van der Waals surface area contributed by atoms with E-state index in [1.54, 1.807) is 0 Å². The SMILES string of the molecule is COC(=O)C(NC(=O)CNCC1CCCO1)C(C)C.Cl. The lowest BCUT2D eigenvalue weighted by molar-refractivity contribution is -0.146. The predicted octanol–water partition coefficient (Wildman–Crippen LogP) is 0.491. The molecule has 1 aliphatic heterocycles. The molecule has 0 radical (unpaired) electrons. The highest BCUT2D eigenvalue weighted by Gasteiger charge is 2.24. The van der Waals surface area contributed by atoms with Gasteiger partial charge >= 0.3 is 5.97 Å². The molecule has 2 N–H and O–H groups in total. The number of amides is 1. The van der Waals surface area contributed by atoms with Crippen LogP contribution in [0.4, 0.5) is 0 Å². The van der Waals surface area contributed by atoms with E-state index in [9.17, 15) is 9.59 Å². The number of esters is 1. The molecule has 20 heavy (non-hydrogen) atoms. The zero-order valence-electron chi connectivity index (χ0n) is 12.3. The molecule has 1 rings (SSSR count). The van der Waals surface area contributed by atoms with Gasteiger partial charge in [-0.05, 0) is 18.8 Å². The Balaban J connectivity index is 0.00000361. The van der Waals surface area contributed by atoms with Gasteiger partial charge in [0.05, 0.1) is 19.8 Å². The van der Waals surface area contributed by atoms with Crippen LogP contribution in [0.3, 0.4) is 0 Å². The molecule has 7 heteroatoms. The highest BCUT2D eigenvalue weighted by Crippen LogP contribution is 2.10. The van der Waals surface area contributed by atoms with Gasteiger partial charge in [-0.15, -0.1) is 12.4 Å². The maximum Gasteiger partial charge on any atom is 0.328 e. The van der Waals surface area contributed by atoms with Crippen LogP contribution in [0.15, 0.2) is 0 Å². The van der Waals surface area contributed by atoms with Crippen molar-refractivity contribution in [1.82, 2.24) is 10.6 Å². The van der Waals surface area contributed by atoms with Crippen molar-refractivity contribution >= 4 is 24.3 Å². The zero-order chi connectivity index (χ0) is 14.3. The Labute approximate surface area is 126 Å². The fourth-order valence-corrected chi connectivity index (χ4v) is 2.00. The van der Waals surface area contributed by atoms with Crippen LogP contribution in [0.1, 0.15) is 26.7 Å². The van der Waals surface area contributed by atoms with E-state index < -0.39 is 12.0 Å². The quantitative estimate of drug-likeness (QED) is 0.669. The average molecular weight is 309 g/mol. The molecule has 0 aliphatic carbocycles. The summed E-state index contributed by atoms with van der Waals surface area (Å²) in [4.78, 5) is 23.2. The van der Waals surface area contributed by atoms with Crippen molar-refractivity contribution in [1.29, 1.82) is 0 Å². The first-order valence-corrected chi connectivity index (χ1v) is 6.74. The molecule has 0 aromatic rings. The van der Waals surface area contributed by atoms with Crippen LogP contribution in [-0.2, 0) is 19.1 Å². The van der Waals surface area contributed by atoms with Crippen LogP contribution in [0, 0.1) is 5.92 Å². The number of hydrogen-bond acceptors (Lipinski definition) is 5. The number of methoxy groups -OCH3 is 1. The maximum atomic E-state index is 11.7. The van der Waals surface area contributed by atoms with Crippen molar-refractivity contribution < 1.29 is 19.1 Å². The molecule has 0 bridgehead atoms. The topological polar surface area (TPSA) is 76.7 Å². The Bertz CT molecular complexity index is 307. The second-order valence-corrected chi connectivity index (χ2v) is 5.08. The molecular weight excluding hydrogens is 284 g/mol. The summed E-state index contributed by atoms with van der Waals surface area (Å²) in [5.74, 6) is -0.626. The van der Waals surface area contributed by atoms with Gasteiger partial charge in [0.15, 0.2) is 0 Å². The van der Waals surface area contributed by atoms with Crippen LogP contribution in [0.2, 0.25) is 0 Å². The summed E-state index contributed by atoms with van der Waals surface area (Å²) in [7, 11) is 1.32. The lowest BCUT2D eigenvalue weighted by Crippen LogP contribution is -2.48. The van der Waals surface area contributed by atoms with Crippen molar-refractivity contribution in [2.24, 2.45) is 5.92 Å². The van der Waals surface area contributed by atoms with E-state index in [0.29, 0.717) is 6.54 Å². The standard InChI is InChI=1S/C13H24N2O4.ClH/c1-9(2)12(13(17)18-3)15-11(16)8-14-7-10-5-4-6-19-10;/h9-10,12,14H,4-8H2,1-3H3,(H,15,16);1H. The molecule has 0 spiro atoms. The molecular formula is C13H25ClN2O4. The molecule has 1 amide bonds. The van der Waals surface area contributed by atoms with Gasteiger partial charge < -0.3 is 20.1 Å². The van der Waals surface area contributed by atoms with E-state index in [4.69, 9.17) is 4.74 Å².